The molecule has 0 spiro atoms. The number of nitrogens with zero attached hydrogens (tertiary/aromatic N) is 7. The third-order valence-corrected chi connectivity index (χ3v) is 15.4. The fraction of sp³-hybridized carbons (Fsp3) is 0. The van der Waals surface area contributed by atoms with Gasteiger partial charge in [-0.25, -0.2) is 15.0 Å². The first-order valence-electron chi connectivity index (χ1n) is 25.8. The molecular weight excluding hydrogens is 927 g/mol. The van der Waals surface area contributed by atoms with Crippen LogP contribution in [-0.2, 0) is 0 Å². The Morgan fingerprint density at radius 3 is 1.16 bits per heavy atom. The van der Waals surface area contributed by atoms with Crippen LogP contribution >= 0.6 is 0 Å². The molecule has 0 amide bonds. The summed E-state index contributed by atoms with van der Waals surface area (Å²) in [5.41, 5.74) is 16.4. The van der Waals surface area contributed by atoms with Crippen molar-refractivity contribution < 1.29 is 0 Å². The predicted molar refractivity (Wildman–Crippen MR) is 313 cm³/mol. The fourth-order valence-electron chi connectivity index (χ4n) is 12.1. The summed E-state index contributed by atoms with van der Waals surface area (Å²) < 4.78 is 9.80. The van der Waals surface area contributed by atoms with Crippen molar-refractivity contribution >= 4 is 87.2 Å². The van der Waals surface area contributed by atoms with Crippen molar-refractivity contribution in [2.45, 2.75) is 0 Å². The van der Waals surface area contributed by atoms with E-state index in [9.17, 15) is 0 Å². The average molecular weight is 970 g/mol. The van der Waals surface area contributed by atoms with Gasteiger partial charge in [0.2, 0.25) is 0 Å². The number of fused-ring (bicyclic) bond motifs is 14. The van der Waals surface area contributed by atoms with Crippen LogP contribution in [0.2, 0.25) is 0 Å². The molecule has 0 fully saturated rings. The molecule has 354 valence electrons. The summed E-state index contributed by atoms with van der Waals surface area (Å²) in [7, 11) is 0. The molecule has 7 nitrogen and oxygen atoms in total. The van der Waals surface area contributed by atoms with Crippen molar-refractivity contribution in [1.82, 2.24) is 33.2 Å². The standard InChI is InChI=1S/C69H43N7/c1-6-20-44(21-7-1)67-70-68(45-22-8-2-9-23-45)72-69(71-67)46-34-36-55-62(42-46)74(48-26-12-4-13-27-48)61-40-37-52-51-30-16-18-32-57(51)76(65(52)64(55)61)50-35-39-59-56(43-50)53-38-41-60-63(66(53)75(59)49-28-14-5-15-29-49)54-31-17-19-33-58(54)73(60)47-24-10-3-11-25-47/h1-43H. The van der Waals surface area contributed by atoms with E-state index >= 15 is 0 Å². The topological polar surface area (TPSA) is 58.4 Å². The fourth-order valence-corrected chi connectivity index (χ4v) is 12.1. The molecule has 76 heavy (non-hydrogen) atoms. The molecule has 0 saturated carbocycles. The molecule has 0 aliphatic carbocycles. The van der Waals surface area contributed by atoms with Gasteiger partial charge in [-0.15, -0.1) is 0 Å². The summed E-state index contributed by atoms with van der Waals surface area (Å²) >= 11 is 0. The largest absolute Gasteiger partial charge is 0.309 e. The SMILES string of the molecule is c1ccc(-c2nc(-c3ccccc3)nc(-c3ccc4c5c(ccc6c7ccccc7n(-c7ccc8c(c7)c7ccc9c(c%10ccccc%10n9-c9ccccc9)c7n8-c7ccccc7)c65)n(-c5ccccc5)c4c3)n2)cc1. The number of para-hydroxylation sites is 5. The third kappa shape index (κ3) is 6.26. The number of rotatable bonds is 7. The van der Waals surface area contributed by atoms with E-state index in [1.807, 2.05) is 36.4 Å². The van der Waals surface area contributed by atoms with Gasteiger partial charge in [-0.1, -0.05) is 176 Å². The number of hydrogen-bond acceptors (Lipinski definition) is 3. The van der Waals surface area contributed by atoms with Crippen LogP contribution in [0.5, 0.6) is 0 Å². The normalized spacial score (nSPS) is 11.9. The van der Waals surface area contributed by atoms with E-state index in [0.29, 0.717) is 17.5 Å². The Balaban J connectivity index is 0.979. The van der Waals surface area contributed by atoms with Crippen LogP contribution in [0.1, 0.15) is 0 Å². The van der Waals surface area contributed by atoms with Gasteiger partial charge in [-0.05, 0) is 84.9 Å². The number of benzene rings is 11. The molecule has 0 unspecified atom stereocenters. The molecule has 7 heteroatoms. The second kappa shape index (κ2) is 16.6. The summed E-state index contributed by atoms with van der Waals surface area (Å²) in [5.74, 6) is 1.88. The van der Waals surface area contributed by atoms with E-state index in [1.165, 1.54) is 54.3 Å². The maximum Gasteiger partial charge on any atom is 0.164 e. The van der Waals surface area contributed by atoms with E-state index < -0.39 is 0 Å². The molecule has 0 bridgehead atoms. The Morgan fingerprint density at radius 2 is 0.592 bits per heavy atom. The van der Waals surface area contributed by atoms with Crippen LogP contribution in [0.4, 0.5) is 0 Å². The van der Waals surface area contributed by atoms with Gasteiger partial charge >= 0.3 is 0 Å². The Kier molecular flexibility index (Phi) is 9.20. The van der Waals surface area contributed by atoms with Crippen LogP contribution in [0.3, 0.4) is 0 Å². The molecule has 0 N–H and O–H groups in total. The highest BCUT2D eigenvalue weighted by molar-refractivity contribution is 6.28. The second-order valence-electron chi connectivity index (χ2n) is 19.6. The van der Waals surface area contributed by atoms with Gasteiger partial charge in [-0.3, -0.25) is 0 Å². The van der Waals surface area contributed by atoms with Crippen LogP contribution in [0.25, 0.3) is 144 Å². The van der Waals surface area contributed by atoms with Crippen molar-refractivity contribution in [3.8, 4) is 56.9 Å². The summed E-state index contributed by atoms with van der Waals surface area (Å²) in [5, 5.41) is 9.54. The Hall–Kier alpha value is -10.4. The minimum Gasteiger partial charge on any atom is -0.309 e. The van der Waals surface area contributed by atoms with E-state index in [0.717, 1.165) is 72.4 Å². The molecular formula is C69H43N7. The lowest BCUT2D eigenvalue weighted by atomic mass is 10.1. The number of hydrogen-bond donors (Lipinski definition) is 0. The molecule has 0 aliphatic rings. The highest BCUT2D eigenvalue weighted by Gasteiger charge is 2.25. The third-order valence-electron chi connectivity index (χ3n) is 15.4. The molecule has 0 saturated heterocycles. The quantitative estimate of drug-likeness (QED) is 0.160. The van der Waals surface area contributed by atoms with Crippen molar-refractivity contribution in [3.63, 3.8) is 0 Å². The highest BCUT2D eigenvalue weighted by atomic mass is 15.1. The molecule has 0 atom stereocenters. The van der Waals surface area contributed by atoms with E-state index in [1.54, 1.807) is 0 Å². The molecule has 0 aliphatic heterocycles. The monoisotopic (exact) mass is 969 g/mol. The minimum absolute atomic E-state index is 0.614. The van der Waals surface area contributed by atoms with E-state index in [4.69, 9.17) is 15.0 Å². The van der Waals surface area contributed by atoms with Gasteiger partial charge in [0.1, 0.15) is 0 Å². The number of aromatic nitrogens is 7. The van der Waals surface area contributed by atoms with Crippen molar-refractivity contribution in [3.05, 3.63) is 261 Å². The Morgan fingerprint density at radius 1 is 0.211 bits per heavy atom. The first kappa shape index (κ1) is 42.2. The molecule has 11 aromatic carbocycles. The van der Waals surface area contributed by atoms with Gasteiger partial charge in [0, 0.05) is 82.5 Å². The minimum atomic E-state index is 0.614. The van der Waals surface area contributed by atoms with E-state index in [-0.39, 0.29) is 0 Å². The lowest BCUT2D eigenvalue weighted by Crippen LogP contribution is -2.00. The maximum absolute atomic E-state index is 5.17. The van der Waals surface area contributed by atoms with Gasteiger partial charge in [0.15, 0.2) is 17.5 Å². The van der Waals surface area contributed by atoms with Crippen molar-refractivity contribution in [2.75, 3.05) is 0 Å². The molecule has 16 aromatic rings. The van der Waals surface area contributed by atoms with Crippen LogP contribution < -0.4 is 0 Å². The molecule has 5 heterocycles. The summed E-state index contributed by atoms with van der Waals surface area (Å²) in [6, 6.07) is 93.4. The van der Waals surface area contributed by atoms with Gasteiger partial charge in [-0.2, -0.15) is 0 Å². The molecule has 16 rings (SSSR count). The Labute approximate surface area is 436 Å². The molecule has 5 aromatic heterocycles. The highest BCUT2D eigenvalue weighted by Crippen LogP contribution is 2.46. The van der Waals surface area contributed by atoms with Crippen LogP contribution in [0.15, 0.2) is 261 Å². The van der Waals surface area contributed by atoms with Gasteiger partial charge < -0.3 is 18.3 Å². The van der Waals surface area contributed by atoms with Crippen LogP contribution in [0, 0.1) is 0 Å². The second-order valence-corrected chi connectivity index (χ2v) is 19.6. The summed E-state index contributed by atoms with van der Waals surface area (Å²) in [4.78, 5) is 15.4. The lowest BCUT2D eigenvalue weighted by molar-refractivity contribution is 1.07. The maximum atomic E-state index is 5.17. The first-order chi connectivity index (χ1) is 37.7. The average Bonchev–Trinajstić information content (AvgIpc) is 4.23. The Bertz CT molecular complexity index is 4900. The zero-order valence-electron chi connectivity index (χ0n) is 41.0. The smallest absolute Gasteiger partial charge is 0.164 e. The zero-order chi connectivity index (χ0) is 49.8. The van der Waals surface area contributed by atoms with Gasteiger partial charge in [0.05, 0.1) is 44.1 Å². The van der Waals surface area contributed by atoms with E-state index in [2.05, 4.69) is 243 Å². The zero-order valence-corrected chi connectivity index (χ0v) is 41.0. The lowest BCUT2D eigenvalue weighted by Gasteiger charge is -2.12. The van der Waals surface area contributed by atoms with Crippen LogP contribution in [-0.4, -0.2) is 33.2 Å². The van der Waals surface area contributed by atoms with Gasteiger partial charge in [0.25, 0.3) is 0 Å². The summed E-state index contributed by atoms with van der Waals surface area (Å²) in [6.07, 6.45) is 0. The first-order valence-corrected chi connectivity index (χ1v) is 25.8. The van der Waals surface area contributed by atoms with Crippen molar-refractivity contribution in [1.29, 1.82) is 0 Å². The predicted octanol–water partition coefficient (Wildman–Crippen LogP) is 17.3. The summed E-state index contributed by atoms with van der Waals surface area (Å²) in [6.45, 7) is 0. The van der Waals surface area contributed by atoms with Crippen molar-refractivity contribution in [2.24, 2.45) is 0 Å². The molecule has 0 radical (unpaired) electrons.